The molecular weight excluding hydrogens is 486 g/mol. The Labute approximate surface area is 175 Å². The number of methoxy groups -OCH3 is 2. The second-order valence-corrected chi connectivity index (χ2v) is 24.7. The molecule has 0 saturated carbocycles. The topological polar surface area (TPSA) is 112 Å². The summed E-state index contributed by atoms with van der Waals surface area (Å²) in [5, 5.41) is 1.46. The van der Waals surface area contributed by atoms with E-state index in [1.165, 1.54) is 22.0 Å². The predicted octanol–water partition coefficient (Wildman–Crippen LogP) is 3.43. The van der Waals surface area contributed by atoms with Gasteiger partial charge in [0.25, 0.3) is 0 Å². The molecule has 0 bridgehead atoms. The van der Waals surface area contributed by atoms with Crippen LogP contribution in [0.25, 0.3) is 0 Å². The van der Waals surface area contributed by atoms with Crippen molar-refractivity contribution in [1.82, 2.24) is 0 Å². The molecule has 1 aliphatic rings. The van der Waals surface area contributed by atoms with Gasteiger partial charge in [0.2, 0.25) is 0 Å². The van der Waals surface area contributed by atoms with Crippen molar-refractivity contribution in [2.45, 2.75) is 0 Å². The summed E-state index contributed by atoms with van der Waals surface area (Å²) in [5.41, 5.74) is 0. The zero-order valence-corrected chi connectivity index (χ0v) is 19.9. The molecule has 0 aliphatic carbocycles. The number of rotatable bonds is 8. The molecule has 8 nitrogen and oxygen atoms in total. The normalized spacial score (nSPS) is 21.6. The monoisotopic (exact) mass is 504 g/mol. The van der Waals surface area contributed by atoms with Gasteiger partial charge < -0.3 is 0 Å². The van der Waals surface area contributed by atoms with Crippen molar-refractivity contribution in [1.29, 1.82) is 0 Å². The Morgan fingerprint density at radius 2 is 1.04 bits per heavy atom. The molecule has 28 heavy (non-hydrogen) atoms. The molecular formula is C14H18O8P2S4. The number of ether oxygens (including phenoxy) is 2. The maximum absolute atomic E-state index is 11.5. The van der Waals surface area contributed by atoms with Crippen LogP contribution in [-0.4, -0.2) is 31.7 Å². The van der Waals surface area contributed by atoms with Crippen LogP contribution in [0, 0.1) is 0 Å². The first-order valence-corrected chi connectivity index (χ1v) is 18.0. The van der Waals surface area contributed by atoms with Crippen molar-refractivity contribution < 1.29 is 34.9 Å². The fraction of sp³-hybridized carbons (Fsp3) is 0.143. The molecule has 3 rings (SSSR count). The first kappa shape index (κ1) is 22.4. The van der Waals surface area contributed by atoms with E-state index in [1.54, 1.807) is 62.8 Å². The molecule has 14 heteroatoms. The van der Waals surface area contributed by atoms with Crippen molar-refractivity contribution in [3.63, 3.8) is 0 Å². The van der Waals surface area contributed by atoms with Crippen LogP contribution in [0.1, 0.15) is 0 Å². The first-order chi connectivity index (χ1) is 13.3. The van der Waals surface area contributed by atoms with Gasteiger partial charge in [-0.15, -0.1) is 0 Å². The van der Waals surface area contributed by atoms with Gasteiger partial charge in [0.05, 0.1) is 0 Å². The van der Waals surface area contributed by atoms with Crippen molar-refractivity contribution in [3.8, 4) is 11.5 Å². The minimum absolute atomic E-state index is 0.638. The SMILES string of the molecule is COc1ccc([PH]2(OS(=O)O)S[PH](OS(=O)O)(c3ccc(OC)cc3)S2)cc1. The minimum atomic E-state index is -3.04. The summed E-state index contributed by atoms with van der Waals surface area (Å²) in [6.07, 6.45) is 0. The van der Waals surface area contributed by atoms with E-state index in [0.29, 0.717) is 11.5 Å². The molecule has 1 fully saturated rings. The standard InChI is InChI=1S/C14H18O8P2S4/c1-19-11-3-7-13(8-4-11)23(21-27(15)16)25-24(26-23,22-28(17)18)14-9-5-12(20-2)6-10-14/h3-10,23-24H,1-2H3,(H,15,16)(H,17,18). The van der Waals surface area contributed by atoms with Crippen LogP contribution < -0.4 is 20.1 Å². The van der Waals surface area contributed by atoms with E-state index in [4.69, 9.17) is 17.4 Å². The van der Waals surface area contributed by atoms with Gasteiger partial charge in [-0.2, -0.15) is 0 Å². The van der Waals surface area contributed by atoms with Gasteiger partial charge in [-0.25, -0.2) is 0 Å². The van der Waals surface area contributed by atoms with E-state index < -0.39 is 34.5 Å². The van der Waals surface area contributed by atoms with Crippen molar-refractivity contribution in [3.05, 3.63) is 48.5 Å². The molecule has 2 atom stereocenters. The third-order valence-electron chi connectivity index (χ3n) is 3.79. The van der Waals surface area contributed by atoms with E-state index in [9.17, 15) is 17.5 Å². The Balaban J connectivity index is 1.97. The fourth-order valence-electron chi connectivity index (χ4n) is 2.54. The quantitative estimate of drug-likeness (QED) is 0.410. The zero-order valence-electron chi connectivity index (χ0n) is 14.6. The number of hydrogen-bond acceptors (Lipinski definition) is 8. The van der Waals surface area contributed by atoms with Crippen LogP contribution in [-0.2, 0) is 30.7 Å². The molecule has 0 spiro atoms. The summed E-state index contributed by atoms with van der Waals surface area (Å²) in [6.45, 7) is 0. The van der Waals surface area contributed by atoms with Crippen molar-refractivity contribution in [2.75, 3.05) is 14.2 Å². The molecule has 2 N–H and O–H groups in total. The van der Waals surface area contributed by atoms with E-state index >= 15 is 0 Å². The Hall–Kier alpha value is -0.260. The van der Waals surface area contributed by atoms with Crippen LogP contribution in [0.5, 0.6) is 11.5 Å². The van der Waals surface area contributed by atoms with E-state index in [2.05, 4.69) is 0 Å². The Bertz CT molecular complexity index is 802. The van der Waals surface area contributed by atoms with Crippen LogP contribution in [0.2, 0.25) is 0 Å². The van der Waals surface area contributed by atoms with Gasteiger partial charge >= 0.3 is 176 Å². The summed E-state index contributed by atoms with van der Waals surface area (Å²) in [6, 6.07) is 14.0. The summed E-state index contributed by atoms with van der Waals surface area (Å²) >= 11 is -2.47. The fourth-order valence-corrected chi connectivity index (χ4v) is 41.1. The van der Waals surface area contributed by atoms with Gasteiger partial charge in [-0.05, 0) is 0 Å². The van der Waals surface area contributed by atoms with Crippen LogP contribution in [0.4, 0.5) is 0 Å². The Morgan fingerprint density at radius 3 is 1.29 bits per heavy atom. The molecule has 0 aromatic heterocycles. The third-order valence-corrected chi connectivity index (χ3v) is 37.0. The van der Waals surface area contributed by atoms with Crippen LogP contribution in [0.15, 0.2) is 48.5 Å². The number of benzene rings is 2. The Morgan fingerprint density at radius 1 is 0.714 bits per heavy atom. The molecule has 2 aromatic rings. The van der Waals surface area contributed by atoms with Gasteiger partial charge in [-0.3, -0.25) is 0 Å². The molecule has 1 heterocycles. The van der Waals surface area contributed by atoms with E-state index in [0.717, 1.165) is 10.6 Å². The first-order valence-electron chi connectivity index (χ1n) is 7.62. The molecule has 0 radical (unpaired) electrons. The molecule has 156 valence electrons. The summed E-state index contributed by atoms with van der Waals surface area (Å²) in [7, 11) is 3.08. The van der Waals surface area contributed by atoms with E-state index in [-0.39, 0.29) is 0 Å². The summed E-state index contributed by atoms with van der Waals surface area (Å²) in [4.78, 5) is 0. The van der Waals surface area contributed by atoms with Gasteiger partial charge in [0, 0.05) is 0 Å². The number of hydrogen-bond donors (Lipinski definition) is 2. The molecule has 0 amide bonds. The predicted molar refractivity (Wildman–Crippen MR) is 121 cm³/mol. The average molecular weight is 505 g/mol. The zero-order chi connectivity index (χ0) is 20.4. The van der Waals surface area contributed by atoms with Gasteiger partial charge in [0.1, 0.15) is 0 Å². The molecule has 1 aliphatic heterocycles. The second-order valence-electron chi connectivity index (χ2n) is 5.37. The van der Waals surface area contributed by atoms with Crippen molar-refractivity contribution >= 4 is 67.1 Å². The third kappa shape index (κ3) is 4.73. The summed E-state index contributed by atoms with van der Waals surface area (Å²) < 4.78 is 62.9. The molecule has 2 unspecified atom stereocenters. The second kappa shape index (κ2) is 9.26. The van der Waals surface area contributed by atoms with Crippen LogP contribution >= 0.6 is 33.8 Å². The van der Waals surface area contributed by atoms with Gasteiger partial charge in [-0.1, -0.05) is 0 Å². The van der Waals surface area contributed by atoms with E-state index in [1.807, 2.05) is 0 Å². The molecule has 1 saturated heterocycles. The van der Waals surface area contributed by atoms with Gasteiger partial charge in [0.15, 0.2) is 0 Å². The average Bonchev–Trinajstić information content (AvgIpc) is 2.65. The summed E-state index contributed by atoms with van der Waals surface area (Å²) in [5.74, 6) is -4.80. The molecule has 2 aromatic carbocycles. The maximum atomic E-state index is 11.5. The van der Waals surface area contributed by atoms with Crippen LogP contribution in [0.3, 0.4) is 0 Å². The Kier molecular flexibility index (Phi) is 7.42. The van der Waals surface area contributed by atoms with Crippen molar-refractivity contribution in [2.24, 2.45) is 0 Å².